The van der Waals surface area contributed by atoms with Crippen LogP contribution in [-0.4, -0.2) is 9.91 Å². The van der Waals surface area contributed by atoms with Crippen LogP contribution in [0.25, 0.3) is 17.0 Å². The van der Waals surface area contributed by atoms with Gasteiger partial charge in [-0.25, -0.2) is 0 Å². The monoisotopic (exact) mass is 236 g/mol. The Labute approximate surface area is 96.7 Å². The first kappa shape index (κ1) is 10.7. The number of benzene rings is 1. The molecule has 1 aromatic heterocycles. The summed E-state index contributed by atoms with van der Waals surface area (Å²) in [6.07, 6.45) is 3.25. The molecule has 1 N–H and O–H groups in total. The minimum Gasteiger partial charge on any atom is -0.361 e. The summed E-state index contributed by atoms with van der Waals surface area (Å²) >= 11 is 5.88. The van der Waals surface area contributed by atoms with Gasteiger partial charge in [0.1, 0.15) is 0 Å². The molecular formula is C11H9ClN2O2. The fourth-order valence-corrected chi connectivity index (χ4v) is 1.68. The van der Waals surface area contributed by atoms with Crippen molar-refractivity contribution in [3.05, 3.63) is 50.8 Å². The van der Waals surface area contributed by atoms with Gasteiger partial charge >= 0.3 is 0 Å². The molecule has 2 rings (SSSR count). The van der Waals surface area contributed by atoms with Crippen LogP contribution in [0.1, 0.15) is 12.5 Å². The van der Waals surface area contributed by atoms with Crippen molar-refractivity contribution in [1.29, 1.82) is 0 Å². The summed E-state index contributed by atoms with van der Waals surface area (Å²) < 4.78 is 0. The molecule has 0 spiro atoms. The SMILES string of the molecule is C/C(=C\c1c[nH]c2ccc(Cl)cc12)[N+](=O)[O-]. The quantitative estimate of drug-likeness (QED) is 0.641. The van der Waals surface area contributed by atoms with Gasteiger partial charge < -0.3 is 4.98 Å². The predicted molar refractivity (Wildman–Crippen MR) is 64.0 cm³/mol. The van der Waals surface area contributed by atoms with Crippen LogP contribution in [-0.2, 0) is 0 Å². The molecule has 0 saturated carbocycles. The highest BCUT2D eigenvalue weighted by Crippen LogP contribution is 2.24. The number of nitro groups is 1. The zero-order valence-electron chi connectivity index (χ0n) is 8.53. The number of nitrogens with one attached hydrogen (secondary N) is 1. The van der Waals surface area contributed by atoms with Gasteiger partial charge in [0.2, 0.25) is 5.70 Å². The topological polar surface area (TPSA) is 58.9 Å². The van der Waals surface area contributed by atoms with Crippen molar-refractivity contribution < 1.29 is 4.92 Å². The molecule has 5 heteroatoms. The predicted octanol–water partition coefficient (Wildman–Crippen LogP) is 3.46. The molecule has 0 aliphatic rings. The van der Waals surface area contributed by atoms with Gasteiger partial charge in [0.25, 0.3) is 0 Å². The zero-order chi connectivity index (χ0) is 11.7. The molecule has 0 saturated heterocycles. The van der Waals surface area contributed by atoms with Crippen molar-refractivity contribution in [1.82, 2.24) is 4.98 Å². The van der Waals surface area contributed by atoms with Gasteiger partial charge in [-0.15, -0.1) is 0 Å². The number of hydrogen-bond donors (Lipinski definition) is 1. The van der Waals surface area contributed by atoms with E-state index < -0.39 is 4.92 Å². The zero-order valence-corrected chi connectivity index (χ0v) is 9.28. The van der Waals surface area contributed by atoms with Gasteiger partial charge in [-0.1, -0.05) is 11.6 Å². The summed E-state index contributed by atoms with van der Waals surface area (Å²) in [4.78, 5) is 13.2. The second-order valence-corrected chi connectivity index (χ2v) is 3.91. The van der Waals surface area contributed by atoms with Crippen LogP contribution in [0, 0.1) is 10.1 Å². The molecule has 2 aromatic rings. The molecule has 0 radical (unpaired) electrons. The Kier molecular flexibility index (Phi) is 2.66. The Morgan fingerprint density at radius 2 is 2.31 bits per heavy atom. The van der Waals surface area contributed by atoms with Gasteiger partial charge in [0.05, 0.1) is 4.92 Å². The number of nitrogens with zero attached hydrogens (tertiary/aromatic N) is 1. The van der Waals surface area contributed by atoms with Crippen LogP contribution in [0.4, 0.5) is 0 Å². The molecule has 0 aliphatic heterocycles. The van der Waals surface area contributed by atoms with E-state index in [1.165, 1.54) is 13.0 Å². The van der Waals surface area contributed by atoms with Crippen LogP contribution in [0.3, 0.4) is 0 Å². The average molecular weight is 237 g/mol. The lowest BCUT2D eigenvalue weighted by atomic mass is 10.1. The van der Waals surface area contributed by atoms with Gasteiger partial charge in [-0.2, -0.15) is 0 Å². The van der Waals surface area contributed by atoms with E-state index in [1.54, 1.807) is 18.3 Å². The highest BCUT2D eigenvalue weighted by Gasteiger charge is 2.06. The Balaban J connectivity index is 2.57. The molecule has 0 aliphatic carbocycles. The third-order valence-corrected chi connectivity index (χ3v) is 2.56. The number of aromatic nitrogens is 1. The lowest BCUT2D eigenvalue weighted by molar-refractivity contribution is -0.422. The van der Waals surface area contributed by atoms with Gasteiger partial charge in [0.15, 0.2) is 0 Å². The van der Waals surface area contributed by atoms with E-state index in [1.807, 2.05) is 6.07 Å². The van der Waals surface area contributed by atoms with E-state index in [9.17, 15) is 10.1 Å². The number of hydrogen-bond acceptors (Lipinski definition) is 2. The van der Waals surface area contributed by atoms with Crippen LogP contribution in [0.2, 0.25) is 5.02 Å². The Hall–Kier alpha value is -1.81. The number of allylic oxidation sites excluding steroid dienone is 1. The molecule has 0 atom stereocenters. The number of H-pyrrole nitrogens is 1. The van der Waals surface area contributed by atoms with E-state index in [0.717, 1.165) is 16.5 Å². The highest BCUT2D eigenvalue weighted by atomic mass is 35.5. The van der Waals surface area contributed by atoms with Gasteiger partial charge in [0, 0.05) is 40.7 Å². The summed E-state index contributed by atoms with van der Waals surface area (Å²) in [6.45, 7) is 1.46. The first-order chi connectivity index (χ1) is 7.58. The molecule has 1 aromatic carbocycles. The lowest BCUT2D eigenvalue weighted by Gasteiger charge is -1.93. The molecule has 1 heterocycles. The summed E-state index contributed by atoms with van der Waals surface area (Å²) in [5.74, 6) is 0. The molecule has 82 valence electrons. The number of rotatable bonds is 2. The molecule has 0 amide bonds. The third kappa shape index (κ3) is 1.92. The Morgan fingerprint density at radius 1 is 1.56 bits per heavy atom. The summed E-state index contributed by atoms with van der Waals surface area (Å²) in [5.41, 5.74) is 1.78. The van der Waals surface area contributed by atoms with Gasteiger partial charge in [-0.3, -0.25) is 10.1 Å². The molecule has 0 bridgehead atoms. The van der Waals surface area contributed by atoms with E-state index >= 15 is 0 Å². The van der Waals surface area contributed by atoms with Crippen molar-refractivity contribution in [2.45, 2.75) is 6.92 Å². The average Bonchev–Trinajstić information content (AvgIpc) is 2.61. The summed E-state index contributed by atoms with van der Waals surface area (Å²) in [5, 5.41) is 12.0. The maximum Gasteiger partial charge on any atom is 0.243 e. The minimum atomic E-state index is -0.413. The van der Waals surface area contributed by atoms with E-state index in [2.05, 4.69) is 4.98 Å². The molecule has 0 unspecified atom stereocenters. The van der Waals surface area contributed by atoms with Crippen molar-refractivity contribution in [3.63, 3.8) is 0 Å². The second-order valence-electron chi connectivity index (χ2n) is 3.48. The van der Waals surface area contributed by atoms with Crippen molar-refractivity contribution in [3.8, 4) is 0 Å². The molecular weight excluding hydrogens is 228 g/mol. The van der Waals surface area contributed by atoms with E-state index in [4.69, 9.17) is 11.6 Å². The van der Waals surface area contributed by atoms with E-state index in [0.29, 0.717) is 5.02 Å². The summed E-state index contributed by atoms with van der Waals surface area (Å²) in [6, 6.07) is 5.40. The third-order valence-electron chi connectivity index (χ3n) is 2.33. The number of fused-ring (bicyclic) bond motifs is 1. The van der Waals surface area contributed by atoms with Crippen LogP contribution in [0.15, 0.2) is 30.1 Å². The van der Waals surface area contributed by atoms with Crippen LogP contribution in [0.5, 0.6) is 0 Å². The minimum absolute atomic E-state index is 0.0980. The van der Waals surface area contributed by atoms with E-state index in [-0.39, 0.29) is 5.70 Å². The lowest BCUT2D eigenvalue weighted by Crippen LogP contribution is -1.92. The molecule has 4 nitrogen and oxygen atoms in total. The fraction of sp³-hybridized carbons (Fsp3) is 0.0909. The second kappa shape index (κ2) is 3.98. The fourth-order valence-electron chi connectivity index (χ4n) is 1.51. The Morgan fingerprint density at radius 3 is 3.00 bits per heavy atom. The molecule has 16 heavy (non-hydrogen) atoms. The molecule has 0 fully saturated rings. The first-order valence-electron chi connectivity index (χ1n) is 4.67. The first-order valence-corrected chi connectivity index (χ1v) is 5.05. The van der Waals surface area contributed by atoms with Crippen LogP contribution >= 0.6 is 11.6 Å². The number of halogens is 1. The van der Waals surface area contributed by atoms with Crippen molar-refractivity contribution >= 4 is 28.6 Å². The largest absolute Gasteiger partial charge is 0.361 e. The highest BCUT2D eigenvalue weighted by molar-refractivity contribution is 6.31. The number of aromatic amines is 1. The van der Waals surface area contributed by atoms with Crippen LogP contribution < -0.4 is 0 Å². The maximum absolute atomic E-state index is 10.5. The van der Waals surface area contributed by atoms with Gasteiger partial charge in [-0.05, 0) is 18.2 Å². The smallest absolute Gasteiger partial charge is 0.243 e. The van der Waals surface area contributed by atoms with Crippen molar-refractivity contribution in [2.24, 2.45) is 0 Å². The summed E-state index contributed by atoms with van der Waals surface area (Å²) in [7, 11) is 0. The standard InChI is InChI=1S/C11H9ClN2O2/c1-7(14(15)16)4-8-6-13-11-3-2-9(12)5-10(8)11/h2-6,13H,1H3/b7-4+. The Bertz CT molecular complexity index is 587. The normalized spacial score (nSPS) is 12.0. The maximum atomic E-state index is 10.5. The van der Waals surface area contributed by atoms with Crippen molar-refractivity contribution in [2.75, 3.05) is 0 Å².